The highest BCUT2D eigenvalue weighted by Gasteiger charge is 2.07. The first kappa shape index (κ1) is 20.1. The molecule has 0 spiro atoms. The van der Waals surface area contributed by atoms with Gasteiger partial charge in [-0.3, -0.25) is 0 Å². The average molecular weight is 363 g/mol. The second-order valence-electron chi connectivity index (χ2n) is 7.72. The van der Waals surface area contributed by atoms with E-state index in [1.807, 2.05) is 36.4 Å². The van der Waals surface area contributed by atoms with Crippen LogP contribution in [0.2, 0.25) is 19.6 Å². The van der Waals surface area contributed by atoms with Gasteiger partial charge in [0.15, 0.2) is 0 Å². The summed E-state index contributed by atoms with van der Waals surface area (Å²) < 4.78 is 0. The third kappa shape index (κ3) is 7.80. The molecular formula is C23H30N2Si. The van der Waals surface area contributed by atoms with E-state index >= 15 is 0 Å². The first-order valence-corrected chi connectivity index (χ1v) is 13.1. The van der Waals surface area contributed by atoms with Crippen molar-refractivity contribution < 1.29 is 0 Å². The molecule has 0 unspecified atom stereocenters. The van der Waals surface area contributed by atoms with Crippen LogP contribution in [-0.2, 0) is 6.42 Å². The lowest BCUT2D eigenvalue weighted by molar-refractivity contribution is 0.667. The fraction of sp³-hybridized carbons (Fsp3) is 0.391. The number of aryl methyl sites for hydroxylation is 1. The third-order valence-corrected chi connectivity index (χ3v) is 4.86. The van der Waals surface area contributed by atoms with Crippen molar-refractivity contribution in [1.29, 1.82) is 0 Å². The molecule has 0 heterocycles. The first-order valence-electron chi connectivity index (χ1n) is 9.60. The molecule has 0 aliphatic carbocycles. The van der Waals surface area contributed by atoms with Crippen molar-refractivity contribution in [1.82, 2.24) is 0 Å². The summed E-state index contributed by atoms with van der Waals surface area (Å²) in [6.45, 7) is 8.99. The van der Waals surface area contributed by atoms with Crippen LogP contribution >= 0.6 is 0 Å². The Kier molecular flexibility index (Phi) is 7.81. The fourth-order valence-electron chi connectivity index (χ4n) is 2.47. The Morgan fingerprint density at radius 3 is 1.88 bits per heavy atom. The first-order chi connectivity index (χ1) is 12.5. The van der Waals surface area contributed by atoms with Gasteiger partial charge in [-0.05, 0) is 54.8 Å². The summed E-state index contributed by atoms with van der Waals surface area (Å²) in [6, 6.07) is 16.4. The van der Waals surface area contributed by atoms with Crippen LogP contribution in [0.1, 0.15) is 43.7 Å². The topological polar surface area (TPSA) is 24.7 Å². The molecule has 0 amide bonds. The highest BCUT2D eigenvalue weighted by Crippen LogP contribution is 2.20. The van der Waals surface area contributed by atoms with Gasteiger partial charge in [-0.15, -0.1) is 5.54 Å². The van der Waals surface area contributed by atoms with Crippen LogP contribution in [0.25, 0.3) is 0 Å². The van der Waals surface area contributed by atoms with Crippen molar-refractivity contribution >= 4 is 19.4 Å². The highest BCUT2D eigenvalue weighted by atomic mass is 28.3. The maximum absolute atomic E-state index is 4.34. The van der Waals surface area contributed by atoms with Gasteiger partial charge in [-0.1, -0.05) is 63.9 Å². The van der Waals surface area contributed by atoms with Crippen molar-refractivity contribution in [2.24, 2.45) is 10.2 Å². The third-order valence-electron chi connectivity index (χ3n) is 3.99. The molecule has 0 saturated carbocycles. The Bertz CT molecular complexity index is 757. The van der Waals surface area contributed by atoms with Gasteiger partial charge in [-0.2, -0.15) is 10.2 Å². The summed E-state index contributed by atoms with van der Waals surface area (Å²) in [5.74, 6) is 3.26. The quantitative estimate of drug-likeness (QED) is 0.211. The standard InChI is InChI=1S/C23H30N2Si/c1-5-6-7-8-9-20-10-14-22(15-11-20)24-25-23-16-12-21(13-17-23)18-19-26(2,3)4/h10-17H,5-9H2,1-4H3. The van der Waals surface area contributed by atoms with Crippen LogP contribution in [0.5, 0.6) is 0 Å². The van der Waals surface area contributed by atoms with Crippen LogP contribution in [0.4, 0.5) is 11.4 Å². The van der Waals surface area contributed by atoms with Gasteiger partial charge < -0.3 is 0 Å². The van der Waals surface area contributed by atoms with Gasteiger partial charge in [0.25, 0.3) is 0 Å². The Morgan fingerprint density at radius 1 is 0.769 bits per heavy atom. The zero-order valence-corrected chi connectivity index (χ0v) is 17.5. The summed E-state index contributed by atoms with van der Waals surface area (Å²) in [5.41, 5.74) is 7.54. The number of rotatable bonds is 7. The lowest BCUT2D eigenvalue weighted by Crippen LogP contribution is -2.16. The smallest absolute Gasteiger partial charge is 0.129 e. The average Bonchev–Trinajstić information content (AvgIpc) is 2.63. The molecule has 2 aromatic rings. The summed E-state index contributed by atoms with van der Waals surface area (Å²) in [6.07, 6.45) is 6.34. The molecule has 0 atom stereocenters. The number of azo groups is 1. The van der Waals surface area contributed by atoms with Crippen molar-refractivity contribution in [2.75, 3.05) is 0 Å². The van der Waals surface area contributed by atoms with E-state index in [1.54, 1.807) is 0 Å². The molecule has 2 rings (SSSR count). The van der Waals surface area contributed by atoms with E-state index < -0.39 is 8.07 Å². The van der Waals surface area contributed by atoms with E-state index in [9.17, 15) is 0 Å². The fourth-order valence-corrected chi connectivity index (χ4v) is 2.99. The monoisotopic (exact) mass is 362 g/mol. The molecule has 3 heteroatoms. The maximum atomic E-state index is 4.34. The number of hydrogen-bond acceptors (Lipinski definition) is 2. The minimum Gasteiger partial charge on any atom is -0.151 e. The second kappa shape index (κ2) is 10.1. The Hall–Kier alpha value is -2.18. The Morgan fingerprint density at radius 2 is 1.35 bits per heavy atom. The molecule has 0 saturated heterocycles. The number of benzene rings is 2. The van der Waals surface area contributed by atoms with Gasteiger partial charge in [0.1, 0.15) is 8.07 Å². The van der Waals surface area contributed by atoms with Crippen molar-refractivity contribution in [2.45, 2.75) is 58.7 Å². The van der Waals surface area contributed by atoms with E-state index in [1.165, 1.54) is 31.2 Å². The SMILES string of the molecule is CCCCCCc1ccc(N=Nc2ccc(C#C[Si](C)(C)C)cc2)cc1. The minimum atomic E-state index is -1.33. The molecule has 2 aromatic carbocycles. The number of unbranched alkanes of at least 4 members (excludes halogenated alkanes) is 3. The van der Waals surface area contributed by atoms with Crippen LogP contribution in [0.15, 0.2) is 58.8 Å². The molecule has 0 fully saturated rings. The lowest BCUT2D eigenvalue weighted by atomic mass is 10.1. The zero-order valence-electron chi connectivity index (χ0n) is 16.5. The van der Waals surface area contributed by atoms with E-state index in [4.69, 9.17) is 0 Å². The van der Waals surface area contributed by atoms with Crippen LogP contribution in [0, 0.1) is 11.5 Å². The van der Waals surface area contributed by atoms with Crippen molar-refractivity contribution in [3.63, 3.8) is 0 Å². The molecule has 2 nitrogen and oxygen atoms in total. The number of hydrogen-bond donors (Lipinski definition) is 0. The molecule has 0 aromatic heterocycles. The summed E-state index contributed by atoms with van der Waals surface area (Å²) >= 11 is 0. The van der Waals surface area contributed by atoms with Crippen molar-refractivity contribution in [3.8, 4) is 11.5 Å². The lowest BCUT2D eigenvalue weighted by Gasteiger charge is -2.03. The molecule has 26 heavy (non-hydrogen) atoms. The normalized spacial score (nSPS) is 11.4. The molecule has 136 valence electrons. The largest absolute Gasteiger partial charge is 0.151 e. The van der Waals surface area contributed by atoms with E-state index in [-0.39, 0.29) is 0 Å². The molecule has 0 aliphatic heterocycles. The zero-order chi connectivity index (χ0) is 18.8. The van der Waals surface area contributed by atoms with Gasteiger partial charge in [0.2, 0.25) is 0 Å². The van der Waals surface area contributed by atoms with Crippen molar-refractivity contribution in [3.05, 3.63) is 59.7 Å². The predicted octanol–water partition coefficient (Wildman–Crippen LogP) is 7.45. The summed E-state index contributed by atoms with van der Waals surface area (Å²) in [7, 11) is -1.33. The van der Waals surface area contributed by atoms with Crippen LogP contribution < -0.4 is 0 Å². The Balaban J connectivity index is 1.91. The summed E-state index contributed by atoms with van der Waals surface area (Å²) in [5, 5.41) is 8.67. The molecule has 0 aliphatic rings. The summed E-state index contributed by atoms with van der Waals surface area (Å²) in [4.78, 5) is 0. The molecule has 0 bridgehead atoms. The van der Waals surface area contributed by atoms with Gasteiger partial charge in [0, 0.05) is 5.56 Å². The predicted molar refractivity (Wildman–Crippen MR) is 115 cm³/mol. The molecule has 0 radical (unpaired) electrons. The van der Waals surface area contributed by atoms with E-state index in [0.29, 0.717) is 0 Å². The van der Waals surface area contributed by atoms with Gasteiger partial charge in [-0.25, -0.2) is 0 Å². The Labute approximate surface area is 159 Å². The molecular weight excluding hydrogens is 332 g/mol. The minimum absolute atomic E-state index is 0.854. The van der Waals surface area contributed by atoms with Gasteiger partial charge in [0.05, 0.1) is 11.4 Å². The van der Waals surface area contributed by atoms with Crippen LogP contribution in [0.3, 0.4) is 0 Å². The number of nitrogens with zero attached hydrogens (tertiary/aromatic N) is 2. The van der Waals surface area contributed by atoms with Crippen LogP contribution in [-0.4, -0.2) is 8.07 Å². The molecule has 0 N–H and O–H groups in total. The second-order valence-corrected chi connectivity index (χ2v) is 12.5. The van der Waals surface area contributed by atoms with Gasteiger partial charge >= 0.3 is 0 Å². The highest BCUT2D eigenvalue weighted by molar-refractivity contribution is 6.83. The maximum Gasteiger partial charge on any atom is 0.129 e. The van der Waals surface area contributed by atoms with E-state index in [0.717, 1.165) is 23.4 Å². The van der Waals surface area contributed by atoms with E-state index in [2.05, 4.69) is 60.4 Å².